The number of alkyl halides is 3. The zero-order valence-electron chi connectivity index (χ0n) is 14.1. The van der Waals surface area contributed by atoms with Crippen LogP contribution in [0.1, 0.15) is 5.56 Å². The topological polar surface area (TPSA) is 22.1 Å². The lowest BCUT2D eigenvalue weighted by Crippen LogP contribution is -2.33. The van der Waals surface area contributed by atoms with Crippen LogP contribution in [0.4, 0.5) is 18.9 Å². The average Bonchev–Trinajstić information content (AvgIpc) is 2.42. The number of aliphatic imine (C=N–C) groups is 1. The number of amidine groups is 1. The van der Waals surface area contributed by atoms with Crippen molar-refractivity contribution in [3.05, 3.63) is 29.8 Å². The van der Waals surface area contributed by atoms with E-state index in [1.165, 1.54) is 6.07 Å². The number of halogens is 3. The fourth-order valence-corrected chi connectivity index (χ4v) is 4.82. The lowest BCUT2D eigenvalue weighted by Gasteiger charge is -2.38. The highest BCUT2D eigenvalue weighted by molar-refractivity contribution is 8.20. The fraction of sp³-hybridized carbons (Fsp3) is 0.500. The number of nitrogens with zero attached hydrogens (tertiary/aromatic N) is 4. The van der Waals surface area contributed by atoms with Crippen molar-refractivity contribution < 1.29 is 13.2 Å². The third-order valence-electron chi connectivity index (χ3n) is 3.15. The van der Waals surface area contributed by atoms with Crippen molar-refractivity contribution in [2.45, 2.75) is 6.18 Å². The number of rotatable bonds is 4. The first-order valence-electron chi connectivity index (χ1n) is 6.80. The van der Waals surface area contributed by atoms with Gasteiger partial charge < -0.3 is 4.90 Å². The molecule has 0 aliphatic heterocycles. The number of benzene rings is 1. The van der Waals surface area contributed by atoms with Crippen molar-refractivity contribution in [1.82, 2.24) is 14.2 Å². The summed E-state index contributed by atoms with van der Waals surface area (Å²) in [4.78, 5) is 6.22. The normalized spacial score (nSPS) is 13.8. The Kier molecular flexibility index (Phi) is 6.38. The quantitative estimate of drug-likeness (QED) is 0.460. The molecule has 130 valence electrons. The minimum absolute atomic E-state index is 0.237. The van der Waals surface area contributed by atoms with E-state index >= 15 is 0 Å². The lowest BCUT2D eigenvalue weighted by molar-refractivity contribution is -0.137. The van der Waals surface area contributed by atoms with E-state index in [2.05, 4.69) is 4.99 Å². The molecule has 0 radical (unpaired) electrons. The first kappa shape index (κ1) is 20.1. The monoisotopic (exact) mass is 366 g/mol. The van der Waals surface area contributed by atoms with Crippen molar-refractivity contribution in [1.29, 1.82) is 0 Å². The summed E-state index contributed by atoms with van der Waals surface area (Å²) in [6.07, 6.45) is -6.75. The predicted octanol–water partition coefficient (Wildman–Crippen LogP) is 3.69. The van der Waals surface area contributed by atoms with Gasteiger partial charge in [-0.2, -0.15) is 13.2 Å². The first-order valence-corrected chi connectivity index (χ1v) is 9.51. The third-order valence-corrected chi connectivity index (χ3v) is 8.79. The zero-order chi connectivity index (χ0) is 18.0. The SMILES string of the molecule is CN(C)C(=Nc1cccc(C(F)(F)F)c1)P(=S)(N(C)C)N(C)C. The molecule has 0 heterocycles. The van der Waals surface area contributed by atoms with E-state index in [0.717, 1.165) is 12.1 Å². The molecule has 23 heavy (non-hydrogen) atoms. The van der Waals surface area contributed by atoms with Gasteiger partial charge in [-0.3, -0.25) is 9.34 Å². The zero-order valence-corrected chi connectivity index (χ0v) is 15.8. The summed E-state index contributed by atoms with van der Waals surface area (Å²) in [5.41, 5.74) is 0.0862. The van der Waals surface area contributed by atoms with Gasteiger partial charge in [0.15, 0.2) is 5.58 Å². The predicted molar refractivity (Wildman–Crippen MR) is 93.9 cm³/mol. The minimum atomic E-state index is -4.40. The molecule has 0 amide bonds. The Morgan fingerprint density at radius 3 is 1.96 bits per heavy atom. The highest BCUT2D eigenvalue weighted by atomic mass is 32.4. The van der Waals surface area contributed by atoms with Crippen molar-refractivity contribution in [2.75, 3.05) is 42.3 Å². The van der Waals surface area contributed by atoms with Crippen LogP contribution in [0.15, 0.2) is 29.3 Å². The Bertz CT molecular complexity index is 615. The van der Waals surface area contributed by atoms with E-state index in [4.69, 9.17) is 11.8 Å². The summed E-state index contributed by atoms with van der Waals surface area (Å²) >= 11 is 5.82. The molecule has 0 atom stereocenters. The summed E-state index contributed by atoms with van der Waals surface area (Å²) < 4.78 is 42.4. The maximum Gasteiger partial charge on any atom is 0.416 e. The Morgan fingerprint density at radius 2 is 1.57 bits per heavy atom. The molecule has 0 aliphatic rings. The van der Waals surface area contributed by atoms with Crippen LogP contribution in [-0.2, 0) is 18.0 Å². The van der Waals surface area contributed by atoms with Crippen molar-refractivity contribution in [3.63, 3.8) is 0 Å². The van der Waals surface area contributed by atoms with Gasteiger partial charge in [0.05, 0.1) is 11.3 Å². The molecule has 0 aliphatic carbocycles. The van der Waals surface area contributed by atoms with E-state index in [-0.39, 0.29) is 5.69 Å². The van der Waals surface area contributed by atoms with Crippen LogP contribution in [0.25, 0.3) is 0 Å². The van der Waals surface area contributed by atoms with Crippen LogP contribution in [0, 0.1) is 0 Å². The second kappa shape index (κ2) is 7.30. The van der Waals surface area contributed by atoms with Crippen molar-refractivity contribution in [2.24, 2.45) is 4.99 Å². The molecular formula is C14H22F3N4PS. The highest BCUT2D eigenvalue weighted by Gasteiger charge is 2.32. The molecule has 0 bridgehead atoms. The first-order chi connectivity index (χ1) is 10.4. The molecule has 9 heteroatoms. The molecule has 0 saturated carbocycles. The molecular weight excluding hydrogens is 344 g/mol. The molecule has 0 saturated heterocycles. The molecule has 1 aromatic carbocycles. The van der Waals surface area contributed by atoms with Crippen LogP contribution in [0.3, 0.4) is 0 Å². The van der Waals surface area contributed by atoms with Crippen LogP contribution < -0.4 is 0 Å². The second-order valence-corrected chi connectivity index (χ2v) is 10.2. The van der Waals surface area contributed by atoms with Crippen LogP contribution in [-0.4, -0.2) is 62.1 Å². The van der Waals surface area contributed by atoms with Crippen molar-refractivity contribution >= 4 is 29.4 Å². The molecule has 0 fully saturated rings. The van der Waals surface area contributed by atoms with Crippen LogP contribution in [0.2, 0.25) is 0 Å². The molecule has 0 spiro atoms. The van der Waals surface area contributed by atoms with Crippen LogP contribution in [0.5, 0.6) is 0 Å². The van der Waals surface area contributed by atoms with E-state index in [0.29, 0.717) is 5.58 Å². The van der Waals surface area contributed by atoms with E-state index < -0.39 is 18.1 Å². The molecule has 0 aromatic heterocycles. The van der Waals surface area contributed by atoms with Gasteiger partial charge in [-0.15, -0.1) is 0 Å². The molecule has 1 aromatic rings. The van der Waals surface area contributed by atoms with E-state index in [1.54, 1.807) is 25.1 Å². The smallest absolute Gasteiger partial charge is 0.360 e. The van der Waals surface area contributed by atoms with E-state index in [1.807, 2.05) is 37.5 Å². The molecule has 0 unspecified atom stereocenters. The van der Waals surface area contributed by atoms with Gasteiger partial charge in [-0.05, 0) is 46.4 Å². The van der Waals surface area contributed by atoms with Gasteiger partial charge >= 0.3 is 6.18 Å². The summed E-state index contributed by atoms with van der Waals surface area (Å²) in [6, 6.07) is 4.96. The second-order valence-electron chi connectivity index (χ2n) is 5.59. The molecule has 4 nitrogen and oxygen atoms in total. The number of hydrogen-bond acceptors (Lipinski definition) is 2. The Balaban J connectivity index is 3.48. The highest BCUT2D eigenvalue weighted by Crippen LogP contribution is 2.52. The molecule has 1 rings (SSSR count). The van der Waals surface area contributed by atoms with Gasteiger partial charge in [0.1, 0.15) is 6.34 Å². The largest absolute Gasteiger partial charge is 0.416 e. The Hall–Kier alpha value is -0.950. The summed E-state index contributed by atoms with van der Waals surface area (Å²) in [5.74, 6) is 0. The van der Waals surface area contributed by atoms with Crippen LogP contribution >= 0.6 is 6.34 Å². The summed E-state index contributed by atoms with van der Waals surface area (Å²) in [7, 11) is 11.0. The van der Waals surface area contributed by atoms with Gasteiger partial charge in [-0.1, -0.05) is 17.9 Å². The van der Waals surface area contributed by atoms with Gasteiger partial charge in [0.25, 0.3) is 0 Å². The van der Waals surface area contributed by atoms with Gasteiger partial charge in [0, 0.05) is 14.1 Å². The maximum atomic E-state index is 12.9. The van der Waals surface area contributed by atoms with Gasteiger partial charge in [-0.25, -0.2) is 4.99 Å². The maximum absolute atomic E-state index is 12.9. The Morgan fingerprint density at radius 1 is 1.04 bits per heavy atom. The minimum Gasteiger partial charge on any atom is -0.360 e. The fourth-order valence-electron chi connectivity index (χ4n) is 2.01. The van der Waals surface area contributed by atoms with Crippen molar-refractivity contribution in [3.8, 4) is 0 Å². The third kappa shape index (κ3) is 4.53. The summed E-state index contributed by atoms with van der Waals surface area (Å²) in [6.45, 7) is 0. The van der Waals surface area contributed by atoms with Gasteiger partial charge in [0.2, 0.25) is 0 Å². The van der Waals surface area contributed by atoms with E-state index in [9.17, 15) is 13.2 Å². The summed E-state index contributed by atoms with van der Waals surface area (Å²) in [5, 5.41) is 0. The lowest BCUT2D eigenvalue weighted by atomic mass is 10.2. The number of hydrogen-bond donors (Lipinski definition) is 0. The Labute approximate surface area is 140 Å². The standard InChI is InChI=1S/C14H22F3N4PS/c1-19(2)13(22(23,20(3)4)21(5)6)18-12-9-7-8-11(10-12)14(15,16)17/h7-10H,1-6H3. The molecule has 0 N–H and O–H groups in total. The average molecular weight is 366 g/mol.